The SMILES string of the molecule is CS(=O)(=O)n1nc(-c2ccc(Cl)c(F)c2)nc1CC(=O)NCc1cccc(F)c1. The van der Waals surface area contributed by atoms with Crippen molar-refractivity contribution < 1.29 is 22.0 Å². The van der Waals surface area contributed by atoms with Gasteiger partial charge in [-0.1, -0.05) is 23.7 Å². The van der Waals surface area contributed by atoms with E-state index in [2.05, 4.69) is 15.4 Å². The zero-order valence-electron chi connectivity index (χ0n) is 15.1. The summed E-state index contributed by atoms with van der Waals surface area (Å²) in [6.07, 6.45) is 0.507. The molecule has 0 atom stereocenters. The van der Waals surface area contributed by atoms with Crippen molar-refractivity contribution in [3.05, 3.63) is 70.5 Å². The van der Waals surface area contributed by atoms with Crippen LogP contribution in [0.3, 0.4) is 0 Å². The summed E-state index contributed by atoms with van der Waals surface area (Å²) in [5.41, 5.74) is 0.746. The lowest BCUT2D eigenvalue weighted by molar-refractivity contribution is -0.120. The number of nitrogens with one attached hydrogen (secondary N) is 1. The average molecular weight is 441 g/mol. The fourth-order valence-electron chi connectivity index (χ4n) is 2.52. The second-order valence-electron chi connectivity index (χ2n) is 6.17. The number of rotatable bonds is 6. The first-order valence-electron chi connectivity index (χ1n) is 8.26. The van der Waals surface area contributed by atoms with Crippen LogP contribution in [0.25, 0.3) is 11.4 Å². The van der Waals surface area contributed by atoms with E-state index in [-0.39, 0.29) is 28.8 Å². The number of benzene rings is 2. The minimum absolute atomic E-state index is 0.0544. The molecule has 2 aromatic carbocycles. The van der Waals surface area contributed by atoms with Crippen LogP contribution in [0.4, 0.5) is 8.78 Å². The highest BCUT2D eigenvalue weighted by Gasteiger charge is 2.21. The molecular formula is C18H15ClF2N4O3S. The molecule has 1 amide bonds. The lowest BCUT2D eigenvalue weighted by Crippen LogP contribution is -2.27. The van der Waals surface area contributed by atoms with Crippen LogP contribution in [0, 0.1) is 11.6 Å². The van der Waals surface area contributed by atoms with Crippen molar-refractivity contribution >= 4 is 27.5 Å². The average Bonchev–Trinajstić information content (AvgIpc) is 3.06. The molecule has 0 unspecified atom stereocenters. The van der Waals surface area contributed by atoms with Gasteiger partial charge >= 0.3 is 0 Å². The van der Waals surface area contributed by atoms with E-state index in [9.17, 15) is 22.0 Å². The first-order valence-corrected chi connectivity index (χ1v) is 10.5. The van der Waals surface area contributed by atoms with Crippen molar-refractivity contribution in [3.63, 3.8) is 0 Å². The number of nitrogens with zero attached hydrogens (tertiary/aromatic N) is 3. The van der Waals surface area contributed by atoms with Crippen LogP contribution in [0.1, 0.15) is 11.4 Å². The van der Waals surface area contributed by atoms with E-state index in [4.69, 9.17) is 11.6 Å². The van der Waals surface area contributed by atoms with Crippen molar-refractivity contribution in [2.45, 2.75) is 13.0 Å². The molecule has 0 saturated carbocycles. The molecule has 29 heavy (non-hydrogen) atoms. The maximum absolute atomic E-state index is 13.7. The maximum atomic E-state index is 13.7. The van der Waals surface area contributed by atoms with Gasteiger partial charge in [-0.25, -0.2) is 22.2 Å². The summed E-state index contributed by atoms with van der Waals surface area (Å²) in [4.78, 5) is 16.3. The van der Waals surface area contributed by atoms with E-state index in [1.54, 1.807) is 6.07 Å². The summed E-state index contributed by atoms with van der Waals surface area (Å²) in [5.74, 6) is -1.91. The van der Waals surface area contributed by atoms with Gasteiger partial charge in [0.2, 0.25) is 5.91 Å². The molecule has 0 fully saturated rings. The number of carbonyl (C=O) groups excluding carboxylic acids is 1. The smallest absolute Gasteiger partial charge is 0.252 e. The molecule has 152 valence electrons. The van der Waals surface area contributed by atoms with Crippen LogP contribution in [-0.2, 0) is 27.8 Å². The Labute approximate surface area is 170 Å². The Morgan fingerprint density at radius 1 is 1.21 bits per heavy atom. The third-order valence-electron chi connectivity index (χ3n) is 3.83. The van der Waals surface area contributed by atoms with Gasteiger partial charge in [-0.05, 0) is 35.9 Å². The number of hydrogen-bond donors (Lipinski definition) is 1. The van der Waals surface area contributed by atoms with E-state index in [1.807, 2.05) is 0 Å². The molecule has 3 aromatic rings. The van der Waals surface area contributed by atoms with E-state index in [0.29, 0.717) is 9.65 Å². The molecule has 0 radical (unpaired) electrons. The topological polar surface area (TPSA) is 93.9 Å². The Morgan fingerprint density at radius 2 is 1.97 bits per heavy atom. The fourth-order valence-corrected chi connectivity index (χ4v) is 3.35. The van der Waals surface area contributed by atoms with Crippen molar-refractivity contribution in [1.82, 2.24) is 19.5 Å². The molecule has 7 nitrogen and oxygen atoms in total. The van der Waals surface area contributed by atoms with Gasteiger partial charge < -0.3 is 5.32 Å². The highest BCUT2D eigenvalue weighted by atomic mass is 35.5. The molecule has 0 saturated heterocycles. The molecule has 11 heteroatoms. The predicted octanol–water partition coefficient (Wildman–Crippen LogP) is 2.54. The monoisotopic (exact) mass is 440 g/mol. The molecule has 0 aliphatic carbocycles. The number of halogens is 3. The Morgan fingerprint density at radius 3 is 2.62 bits per heavy atom. The summed E-state index contributed by atoms with van der Waals surface area (Å²) in [6, 6.07) is 9.48. The van der Waals surface area contributed by atoms with Gasteiger partial charge in [0, 0.05) is 12.1 Å². The Kier molecular flexibility index (Phi) is 5.94. The van der Waals surface area contributed by atoms with Crippen LogP contribution in [0.5, 0.6) is 0 Å². The minimum Gasteiger partial charge on any atom is -0.352 e. The Bertz CT molecular complexity index is 1180. The second-order valence-corrected chi connectivity index (χ2v) is 8.39. The zero-order valence-corrected chi connectivity index (χ0v) is 16.6. The molecule has 0 bridgehead atoms. The van der Waals surface area contributed by atoms with Crippen LogP contribution < -0.4 is 5.32 Å². The maximum Gasteiger partial charge on any atom is 0.252 e. The van der Waals surface area contributed by atoms with Crippen LogP contribution in [-0.4, -0.2) is 34.8 Å². The highest BCUT2D eigenvalue weighted by molar-refractivity contribution is 7.89. The standard InChI is InChI=1S/C18H15ClF2N4O3S/c1-29(27,28)25-16(9-17(26)22-10-11-3-2-4-13(20)7-11)23-18(24-25)12-5-6-14(19)15(21)8-12/h2-8H,9-10H2,1H3,(H,22,26). The quantitative estimate of drug-likeness (QED) is 0.635. The van der Waals surface area contributed by atoms with Crippen molar-refractivity contribution in [2.75, 3.05) is 6.26 Å². The first kappa shape index (κ1) is 20.9. The molecule has 0 spiro atoms. The van der Waals surface area contributed by atoms with Crippen molar-refractivity contribution in [2.24, 2.45) is 0 Å². The normalized spacial score (nSPS) is 11.4. The molecule has 1 N–H and O–H groups in total. The fraction of sp³-hybridized carbons (Fsp3) is 0.167. The molecule has 1 heterocycles. The number of carbonyl (C=O) groups is 1. The molecule has 1 aromatic heterocycles. The van der Waals surface area contributed by atoms with Gasteiger partial charge in [0.05, 0.1) is 17.7 Å². The van der Waals surface area contributed by atoms with Crippen molar-refractivity contribution in [3.8, 4) is 11.4 Å². The lowest BCUT2D eigenvalue weighted by atomic mass is 10.2. The molecule has 0 aliphatic rings. The van der Waals surface area contributed by atoms with Gasteiger partial charge in [-0.3, -0.25) is 4.79 Å². The minimum atomic E-state index is -3.86. The second kappa shape index (κ2) is 8.26. The van der Waals surface area contributed by atoms with Crippen LogP contribution >= 0.6 is 11.6 Å². The summed E-state index contributed by atoms with van der Waals surface area (Å²) < 4.78 is 51.5. The largest absolute Gasteiger partial charge is 0.352 e. The van der Waals surface area contributed by atoms with Crippen LogP contribution in [0.2, 0.25) is 5.02 Å². The summed E-state index contributed by atoms with van der Waals surface area (Å²) >= 11 is 5.65. The van der Waals surface area contributed by atoms with E-state index in [0.717, 1.165) is 12.3 Å². The summed E-state index contributed by atoms with van der Waals surface area (Å²) in [7, 11) is -3.86. The zero-order chi connectivity index (χ0) is 21.2. The van der Waals surface area contributed by atoms with Gasteiger partial charge in [0.15, 0.2) is 11.6 Å². The van der Waals surface area contributed by atoms with Gasteiger partial charge in [-0.15, -0.1) is 9.19 Å². The molecule has 3 rings (SSSR count). The Balaban J connectivity index is 1.82. The predicted molar refractivity (Wildman–Crippen MR) is 103 cm³/mol. The summed E-state index contributed by atoms with van der Waals surface area (Å²) in [6.45, 7) is 0.0544. The van der Waals surface area contributed by atoms with Gasteiger partial charge in [-0.2, -0.15) is 0 Å². The number of amides is 1. The van der Waals surface area contributed by atoms with Gasteiger partial charge in [0.25, 0.3) is 10.0 Å². The third kappa shape index (κ3) is 5.15. The van der Waals surface area contributed by atoms with Crippen LogP contribution in [0.15, 0.2) is 42.5 Å². The first-order chi connectivity index (χ1) is 13.6. The van der Waals surface area contributed by atoms with Crippen molar-refractivity contribution in [1.29, 1.82) is 0 Å². The summed E-state index contributed by atoms with van der Waals surface area (Å²) in [5, 5.41) is 6.34. The third-order valence-corrected chi connectivity index (χ3v) is 5.06. The lowest BCUT2D eigenvalue weighted by Gasteiger charge is -2.06. The van der Waals surface area contributed by atoms with E-state index < -0.39 is 34.0 Å². The highest BCUT2D eigenvalue weighted by Crippen LogP contribution is 2.22. The van der Waals surface area contributed by atoms with E-state index >= 15 is 0 Å². The molecule has 0 aliphatic heterocycles. The Hall–Kier alpha value is -2.85. The van der Waals surface area contributed by atoms with Gasteiger partial charge in [0.1, 0.15) is 11.6 Å². The number of hydrogen-bond acceptors (Lipinski definition) is 5. The van der Waals surface area contributed by atoms with E-state index in [1.165, 1.54) is 30.3 Å². The number of aromatic nitrogens is 3. The molecular weight excluding hydrogens is 426 g/mol.